The highest BCUT2D eigenvalue weighted by Gasteiger charge is 2.44. The predicted octanol–water partition coefficient (Wildman–Crippen LogP) is 5.96. The second-order valence-electron chi connectivity index (χ2n) is 8.81. The van der Waals surface area contributed by atoms with Crippen LogP contribution < -0.4 is 4.90 Å². The molecule has 5 nitrogen and oxygen atoms in total. The molecule has 0 spiro atoms. The van der Waals surface area contributed by atoms with E-state index in [1.807, 2.05) is 38.1 Å². The van der Waals surface area contributed by atoms with E-state index in [0.29, 0.717) is 29.8 Å². The van der Waals surface area contributed by atoms with Crippen molar-refractivity contribution in [1.29, 1.82) is 0 Å². The van der Waals surface area contributed by atoms with Gasteiger partial charge in [0.25, 0.3) is 0 Å². The van der Waals surface area contributed by atoms with Crippen LogP contribution in [0.2, 0.25) is 5.02 Å². The molecular formula is C24H21BrClNO4. The summed E-state index contributed by atoms with van der Waals surface area (Å²) in [5, 5.41) is 9.69. The van der Waals surface area contributed by atoms with Gasteiger partial charge in [-0.05, 0) is 47.7 Å². The zero-order chi connectivity index (χ0) is 22.5. The number of nitrogens with zero attached hydrogens (tertiary/aromatic N) is 1. The Balaban J connectivity index is 1.93. The number of Topliss-reactive ketones (excluding diaryl/α,β-unsaturated/α-hetero) is 1. The van der Waals surface area contributed by atoms with Gasteiger partial charge in [0, 0.05) is 34.5 Å². The van der Waals surface area contributed by atoms with Crippen LogP contribution in [0.25, 0.3) is 0 Å². The fourth-order valence-corrected chi connectivity index (χ4v) is 4.96. The number of benzene rings is 2. The quantitative estimate of drug-likeness (QED) is 0.561. The summed E-state index contributed by atoms with van der Waals surface area (Å²) in [7, 11) is 0. The third kappa shape index (κ3) is 4.06. The van der Waals surface area contributed by atoms with Crippen LogP contribution in [0, 0.1) is 5.41 Å². The van der Waals surface area contributed by atoms with E-state index in [0.717, 1.165) is 10.0 Å². The van der Waals surface area contributed by atoms with Gasteiger partial charge in [-0.1, -0.05) is 53.5 Å². The van der Waals surface area contributed by atoms with Gasteiger partial charge in [-0.25, -0.2) is 4.79 Å². The smallest absolute Gasteiger partial charge is 0.335 e. The molecule has 7 heteroatoms. The monoisotopic (exact) mass is 501 g/mol. The van der Waals surface area contributed by atoms with Crippen LogP contribution in [-0.4, -0.2) is 22.8 Å². The summed E-state index contributed by atoms with van der Waals surface area (Å²) in [5.41, 5.74) is 2.16. The highest BCUT2D eigenvalue weighted by Crippen LogP contribution is 2.49. The number of hydrogen-bond acceptors (Lipinski definition) is 3. The summed E-state index contributed by atoms with van der Waals surface area (Å²) in [6, 6.07) is 11.9. The molecule has 0 bridgehead atoms. The second kappa shape index (κ2) is 7.92. The van der Waals surface area contributed by atoms with Crippen LogP contribution in [0.4, 0.5) is 5.69 Å². The van der Waals surface area contributed by atoms with E-state index in [-0.39, 0.29) is 40.0 Å². The van der Waals surface area contributed by atoms with E-state index in [1.54, 1.807) is 0 Å². The number of carbonyl (C=O) groups is 3. The van der Waals surface area contributed by atoms with Gasteiger partial charge in [-0.3, -0.25) is 14.5 Å². The van der Waals surface area contributed by atoms with Gasteiger partial charge in [-0.2, -0.15) is 0 Å². The molecule has 2 aromatic carbocycles. The number of ketones is 1. The number of aromatic carboxylic acids is 1. The molecule has 1 heterocycles. The molecule has 2 aliphatic rings. The molecule has 1 atom stereocenters. The maximum Gasteiger partial charge on any atom is 0.335 e. The third-order valence-corrected chi connectivity index (χ3v) is 6.70. The molecule has 1 aliphatic carbocycles. The van der Waals surface area contributed by atoms with Gasteiger partial charge in [0.05, 0.1) is 16.3 Å². The Morgan fingerprint density at radius 3 is 2.45 bits per heavy atom. The van der Waals surface area contributed by atoms with Gasteiger partial charge in [0.1, 0.15) is 0 Å². The average molecular weight is 503 g/mol. The number of anilines is 1. The van der Waals surface area contributed by atoms with Gasteiger partial charge in [0.15, 0.2) is 5.78 Å². The van der Waals surface area contributed by atoms with Crippen molar-refractivity contribution >= 4 is 50.9 Å². The van der Waals surface area contributed by atoms with Crippen LogP contribution in [-0.2, 0) is 9.59 Å². The summed E-state index contributed by atoms with van der Waals surface area (Å²) in [6.45, 7) is 3.99. The molecule has 0 saturated heterocycles. The summed E-state index contributed by atoms with van der Waals surface area (Å²) in [6.07, 6.45) is 1.02. The molecule has 0 fully saturated rings. The van der Waals surface area contributed by atoms with Crippen molar-refractivity contribution in [2.75, 3.05) is 4.90 Å². The molecule has 1 N–H and O–H groups in total. The molecule has 0 aromatic heterocycles. The molecule has 4 rings (SSSR count). The topological polar surface area (TPSA) is 74.7 Å². The van der Waals surface area contributed by atoms with Crippen LogP contribution >= 0.6 is 27.5 Å². The maximum atomic E-state index is 13.4. The van der Waals surface area contributed by atoms with Crippen LogP contribution in [0.15, 0.2) is 58.2 Å². The van der Waals surface area contributed by atoms with E-state index < -0.39 is 5.97 Å². The van der Waals surface area contributed by atoms with Crippen molar-refractivity contribution in [1.82, 2.24) is 0 Å². The molecule has 160 valence electrons. The summed E-state index contributed by atoms with van der Waals surface area (Å²) in [4.78, 5) is 39.7. The first-order valence-corrected chi connectivity index (χ1v) is 11.1. The number of allylic oxidation sites excluding steroid dienone is 2. The molecule has 1 aliphatic heterocycles. The maximum absolute atomic E-state index is 13.4. The normalized spacial score (nSPS) is 20.6. The van der Waals surface area contributed by atoms with E-state index in [9.17, 15) is 19.5 Å². The first-order valence-electron chi connectivity index (χ1n) is 9.95. The lowest BCUT2D eigenvalue weighted by molar-refractivity contribution is -0.121. The predicted molar refractivity (Wildman–Crippen MR) is 122 cm³/mol. The van der Waals surface area contributed by atoms with Crippen molar-refractivity contribution in [2.45, 2.75) is 39.0 Å². The van der Waals surface area contributed by atoms with E-state index in [4.69, 9.17) is 11.6 Å². The molecule has 31 heavy (non-hydrogen) atoms. The SMILES string of the molecule is CC1(C)CC(=O)C2=C(C1)N(c1cc(C(=O)O)ccc1Cl)C(=O)CC2c1ccc(Br)cc1. The molecule has 1 unspecified atom stereocenters. The van der Waals surface area contributed by atoms with E-state index >= 15 is 0 Å². The Hall–Kier alpha value is -2.44. The number of carbonyl (C=O) groups excluding carboxylic acids is 2. The van der Waals surface area contributed by atoms with E-state index in [2.05, 4.69) is 15.9 Å². The summed E-state index contributed by atoms with van der Waals surface area (Å²) < 4.78 is 0.919. The Kier molecular flexibility index (Phi) is 5.56. The minimum atomic E-state index is -1.11. The largest absolute Gasteiger partial charge is 0.478 e. The Morgan fingerprint density at radius 1 is 1.13 bits per heavy atom. The van der Waals surface area contributed by atoms with Gasteiger partial charge in [0.2, 0.25) is 5.91 Å². The highest BCUT2D eigenvalue weighted by molar-refractivity contribution is 9.10. The summed E-state index contributed by atoms with van der Waals surface area (Å²) in [5.74, 6) is -1.63. The van der Waals surface area contributed by atoms with Gasteiger partial charge in [-0.15, -0.1) is 0 Å². The van der Waals surface area contributed by atoms with Crippen molar-refractivity contribution in [3.05, 3.63) is 74.4 Å². The molecule has 0 radical (unpaired) electrons. The third-order valence-electron chi connectivity index (χ3n) is 5.85. The molecule has 1 amide bonds. The van der Waals surface area contributed by atoms with Crippen LogP contribution in [0.3, 0.4) is 0 Å². The van der Waals surface area contributed by atoms with Gasteiger partial charge < -0.3 is 5.11 Å². The zero-order valence-electron chi connectivity index (χ0n) is 17.1. The van der Waals surface area contributed by atoms with Crippen molar-refractivity contribution in [3.63, 3.8) is 0 Å². The number of halogens is 2. The minimum absolute atomic E-state index is 0.0159. The first-order chi connectivity index (χ1) is 14.6. The van der Waals surface area contributed by atoms with E-state index in [1.165, 1.54) is 23.1 Å². The fourth-order valence-electron chi connectivity index (χ4n) is 4.49. The minimum Gasteiger partial charge on any atom is -0.478 e. The standard InChI is InChI=1S/C24H21BrClNO4/c1-24(2)11-19-22(20(28)12-24)16(13-3-6-15(25)7-4-13)10-21(29)27(19)18-9-14(23(30)31)5-8-17(18)26/h3-9,16H,10-12H2,1-2H3,(H,30,31). The summed E-state index contributed by atoms with van der Waals surface area (Å²) >= 11 is 9.84. The average Bonchev–Trinajstić information content (AvgIpc) is 2.67. The fraction of sp³-hybridized carbons (Fsp3) is 0.292. The van der Waals surface area contributed by atoms with Crippen LogP contribution in [0.1, 0.15) is 54.9 Å². The molecule has 0 saturated carbocycles. The van der Waals surface area contributed by atoms with Crippen LogP contribution in [0.5, 0.6) is 0 Å². The lowest BCUT2D eigenvalue weighted by atomic mass is 9.69. The second-order valence-corrected chi connectivity index (χ2v) is 10.1. The molecular weight excluding hydrogens is 482 g/mol. The Labute approximate surface area is 193 Å². The number of rotatable bonds is 3. The first kappa shape index (κ1) is 21.8. The van der Waals surface area contributed by atoms with Crippen molar-refractivity contribution < 1.29 is 19.5 Å². The van der Waals surface area contributed by atoms with Crippen molar-refractivity contribution in [2.24, 2.45) is 5.41 Å². The Morgan fingerprint density at radius 2 is 1.81 bits per heavy atom. The zero-order valence-corrected chi connectivity index (χ0v) is 19.5. The number of carboxylic acids is 1. The number of carboxylic acid groups (broad SMARTS) is 1. The molecule has 2 aromatic rings. The lowest BCUT2D eigenvalue weighted by Crippen LogP contribution is -2.43. The number of amides is 1. The number of hydrogen-bond donors (Lipinski definition) is 1. The lowest BCUT2D eigenvalue weighted by Gasteiger charge is -2.43. The van der Waals surface area contributed by atoms with Crippen molar-refractivity contribution in [3.8, 4) is 0 Å². The van der Waals surface area contributed by atoms with Gasteiger partial charge >= 0.3 is 5.97 Å². The highest BCUT2D eigenvalue weighted by atomic mass is 79.9. The Bertz CT molecular complexity index is 1140.